The molecule has 2 aromatic rings. The summed E-state index contributed by atoms with van der Waals surface area (Å²) in [6.45, 7) is 0. The predicted molar refractivity (Wildman–Crippen MR) is 73.1 cm³/mol. The Labute approximate surface area is 122 Å². The number of pyridine rings is 1. The molecular weight excluding hydrogens is 328 g/mol. The first-order chi connectivity index (χ1) is 9.56. The maximum atomic E-state index is 11.9. The topological polar surface area (TPSA) is 108 Å². The van der Waals surface area contributed by atoms with Crippen LogP contribution in [-0.2, 0) is 11.2 Å². The number of carbonyl (C=O) groups is 2. The number of imidazole rings is 1. The number of halogens is 1. The number of carbonyl (C=O) groups excluding carboxylic acids is 1. The fraction of sp³-hybridized carbons (Fsp3) is 0.167. The van der Waals surface area contributed by atoms with Crippen LogP contribution in [0.4, 0.5) is 0 Å². The van der Waals surface area contributed by atoms with Gasteiger partial charge in [0.05, 0.1) is 11.9 Å². The van der Waals surface area contributed by atoms with Gasteiger partial charge in [0.1, 0.15) is 10.6 Å². The molecule has 0 radical (unpaired) electrons. The minimum absolute atomic E-state index is 0.130. The molecule has 1 atom stereocenters. The summed E-state index contributed by atoms with van der Waals surface area (Å²) < 4.78 is 0.598. The van der Waals surface area contributed by atoms with Gasteiger partial charge in [-0.1, -0.05) is 0 Å². The van der Waals surface area contributed by atoms with Crippen molar-refractivity contribution in [2.24, 2.45) is 0 Å². The molecule has 104 valence electrons. The van der Waals surface area contributed by atoms with Crippen molar-refractivity contribution in [1.82, 2.24) is 20.3 Å². The van der Waals surface area contributed by atoms with Crippen molar-refractivity contribution >= 4 is 27.8 Å². The molecule has 0 aliphatic rings. The van der Waals surface area contributed by atoms with Gasteiger partial charge >= 0.3 is 5.97 Å². The molecule has 0 fully saturated rings. The molecule has 0 spiro atoms. The number of aliphatic carboxylic acids is 1. The number of nitrogens with zero attached hydrogens (tertiary/aromatic N) is 2. The molecule has 20 heavy (non-hydrogen) atoms. The average Bonchev–Trinajstić information content (AvgIpc) is 2.91. The van der Waals surface area contributed by atoms with Crippen molar-refractivity contribution in [3.63, 3.8) is 0 Å². The monoisotopic (exact) mass is 338 g/mol. The summed E-state index contributed by atoms with van der Waals surface area (Å²) in [4.78, 5) is 33.6. The first-order valence-corrected chi connectivity index (χ1v) is 6.48. The van der Waals surface area contributed by atoms with Crippen molar-refractivity contribution in [1.29, 1.82) is 0 Å². The Morgan fingerprint density at radius 1 is 1.40 bits per heavy atom. The van der Waals surface area contributed by atoms with Crippen LogP contribution < -0.4 is 5.32 Å². The second kappa shape index (κ2) is 6.29. The Morgan fingerprint density at radius 2 is 2.20 bits per heavy atom. The normalized spacial score (nSPS) is 11.8. The lowest BCUT2D eigenvalue weighted by Gasteiger charge is -2.13. The Hall–Kier alpha value is -2.22. The van der Waals surface area contributed by atoms with Crippen LogP contribution in [0.5, 0.6) is 0 Å². The highest BCUT2D eigenvalue weighted by molar-refractivity contribution is 9.10. The highest BCUT2D eigenvalue weighted by Crippen LogP contribution is 2.07. The van der Waals surface area contributed by atoms with E-state index in [0.29, 0.717) is 15.9 Å². The number of nitrogens with one attached hydrogen (secondary N) is 2. The standard InChI is InChI=1S/C12H11BrN4O3/c13-10-2-1-7(4-15-10)11(18)17-9(12(19)20)3-8-5-14-6-16-8/h1-2,4-6,9H,3H2,(H,14,16)(H,17,18)(H,19,20). The van der Waals surface area contributed by atoms with Gasteiger partial charge in [-0.25, -0.2) is 14.8 Å². The fourth-order valence-electron chi connectivity index (χ4n) is 1.57. The van der Waals surface area contributed by atoms with E-state index in [1.54, 1.807) is 12.1 Å². The molecule has 1 unspecified atom stereocenters. The van der Waals surface area contributed by atoms with Crippen LogP contribution in [0.15, 0.2) is 35.5 Å². The first-order valence-electron chi connectivity index (χ1n) is 5.68. The zero-order valence-corrected chi connectivity index (χ0v) is 11.8. The van der Waals surface area contributed by atoms with Crippen LogP contribution in [0.1, 0.15) is 16.1 Å². The molecule has 8 heteroatoms. The Kier molecular flexibility index (Phi) is 4.46. The van der Waals surface area contributed by atoms with Crippen molar-refractivity contribution in [3.05, 3.63) is 46.7 Å². The lowest BCUT2D eigenvalue weighted by Crippen LogP contribution is -2.42. The molecule has 2 aromatic heterocycles. The number of aromatic amines is 1. The number of carboxylic acids is 1. The summed E-state index contributed by atoms with van der Waals surface area (Å²) in [5.41, 5.74) is 0.927. The number of hydrogen-bond acceptors (Lipinski definition) is 4. The summed E-state index contributed by atoms with van der Waals surface area (Å²) in [7, 11) is 0. The summed E-state index contributed by atoms with van der Waals surface area (Å²) in [6, 6.07) is 2.13. The zero-order chi connectivity index (χ0) is 14.5. The van der Waals surface area contributed by atoms with Gasteiger partial charge in [-0.05, 0) is 28.1 Å². The molecule has 0 aliphatic carbocycles. The third-order valence-electron chi connectivity index (χ3n) is 2.57. The number of amides is 1. The molecule has 0 saturated heterocycles. The molecule has 1 amide bonds. The molecule has 2 heterocycles. The smallest absolute Gasteiger partial charge is 0.326 e. The van der Waals surface area contributed by atoms with E-state index in [-0.39, 0.29) is 6.42 Å². The number of carboxylic acid groups (broad SMARTS) is 1. The van der Waals surface area contributed by atoms with E-state index in [1.807, 2.05) is 0 Å². The second-order valence-electron chi connectivity index (χ2n) is 4.01. The number of rotatable bonds is 5. The van der Waals surface area contributed by atoms with Gasteiger partial charge in [0, 0.05) is 24.5 Å². The van der Waals surface area contributed by atoms with E-state index in [4.69, 9.17) is 5.11 Å². The van der Waals surface area contributed by atoms with Gasteiger partial charge in [-0.2, -0.15) is 0 Å². The number of H-pyrrole nitrogens is 1. The molecule has 0 bridgehead atoms. The molecule has 0 aliphatic heterocycles. The van der Waals surface area contributed by atoms with Gasteiger partial charge in [-0.15, -0.1) is 0 Å². The zero-order valence-electron chi connectivity index (χ0n) is 10.2. The maximum Gasteiger partial charge on any atom is 0.326 e. The summed E-state index contributed by atoms with van der Waals surface area (Å²) in [6.07, 6.45) is 4.47. The van der Waals surface area contributed by atoms with Gasteiger partial charge in [0.2, 0.25) is 0 Å². The molecule has 0 saturated carbocycles. The number of hydrogen-bond donors (Lipinski definition) is 3. The second-order valence-corrected chi connectivity index (χ2v) is 4.83. The third kappa shape index (κ3) is 3.64. The van der Waals surface area contributed by atoms with E-state index in [0.717, 1.165) is 0 Å². The molecular formula is C12H11BrN4O3. The van der Waals surface area contributed by atoms with Crippen LogP contribution in [0.3, 0.4) is 0 Å². The van der Waals surface area contributed by atoms with Crippen LogP contribution in [0.2, 0.25) is 0 Å². The lowest BCUT2D eigenvalue weighted by molar-refractivity contribution is -0.139. The highest BCUT2D eigenvalue weighted by Gasteiger charge is 2.21. The van der Waals surface area contributed by atoms with E-state index in [1.165, 1.54) is 18.7 Å². The van der Waals surface area contributed by atoms with Gasteiger partial charge in [0.25, 0.3) is 5.91 Å². The highest BCUT2D eigenvalue weighted by atomic mass is 79.9. The van der Waals surface area contributed by atoms with E-state index < -0.39 is 17.9 Å². The molecule has 7 nitrogen and oxygen atoms in total. The SMILES string of the molecule is O=C(NC(Cc1cnc[nH]1)C(=O)O)c1ccc(Br)nc1. The minimum Gasteiger partial charge on any atom is -0.480 e. The van der Waals surface area contributed by atoms with Gasteiger partial charge < -0.3 is 15.4 Å². The molecule has 0 aromatic carbocycles. The molecule has 2 rings (SSSR count). The Morgan fingerprint density at radius 3 is 2.75 bits per heavy atom. The fourth-order valence-corrected chi connectivity index (χ4v) is 1.80. The van der Waals surface area contributed by atoms with Crippen molar-refractivity contribution < 1.29 is 14.7 Å². The van der Waals surface area contributed by atoms with Crippen LogP contribution in [0, 0.1) is 0 Å². The van der Waals surface area contributed by atoms with Crippen LogP contribution >= 0.6 is 15.9 Å². The van der Waals surface area contributed by atoms with Crippen molar-refractivity contribution in [2.75, 3.05) is 0 Å². The molecule has 3 N–H and O–H groups in total. The number of aromatic nitrogens is 3. The summed E-state index contributed by atoms with van der Waals surface area (Å²) >= 11 is 3.16. The average molecular weight is 339 g/mol. The van der Waals surface area contributed by atoms with Crippen LogP contribution in [0.25, 0.3) is 0 Å². The third-order valence-corrected chi connectivity index (χ3v) is 3.04. The predicted octanol–water partition coefficient (Wildman–Crippen LogP) is 0.993. The van der Waals surface area contributed by atoms with Gasteiger partial charge in [0.15, 0.2) is 0 Å². The Balaban J connectivity index is 2.06. The summed E-state index contributed by atoms with van der Waals surface area (Å²) in [5.74, 6) is -1.60. The van der Waals surface area contributed by atoms with Gasteiger partial charge in [-0.3, -0.25) is 4.79 Å². The van der Waals surface area contributed by atoms with E-state index in [2.05, 4.69) is 36.2 Å². The summed E-state index contributed by atoms with van der Waals surface area (Å²) in [5, 5.41) is 11.6. The van der Waals surface area contributed by atoms with Crippen molar-refractivity contribution in [2.45, 2.75) is 12.5 Å². The van der Waals surface area contributed by atoms with Crippen molar-refractivity contribution in [3.8, 4) is 0 Å². The van der Waals surface area contributed by atoms with Crippen LogP contribution in [-0.4, -0.2) is 38.0 Å². The maximum absolute atomic E-state index is 11.9. The van der Waals surface area contributed by atoms with E-state index in [9.17, 15) is 9.59 Å². The largest absolute Gasteiger partial charge is 0.480 e. The lowest BCUT2D eigenvalue weighted by atomic mass is 10.1. The minimum atomic E-state index is -1.11. The first kappa shape index (κ1) is 14.2. The Bertz CT molecular complexity index is 598. The quantitative estimate of drug-likeness (QED) is 0.704. The van der Waals surface area contributed by atoms with E-state index >= 15 is 0 Å².